The maximum atomic E-state index is 13.0. The highest BCUT2D eigenvalue weighted by Crippen LogP contribution is 2.49. The summed E-state index contributed by atoms with van der Waals surface area (Å²) in [6.07, 6.45) is 2.84. The number of thiophene rings is 1. The largest absolute Gasteiger partial charge is 0.394 e. The molecule has 1 fully saturated rings. The zero-order valence-corrected chi connectivity index (χ0v) is 20.7. The van der Waals surface area contributed by atoms with Crippen LogP contribution in [0, 0.1) is 0 Å². The van der Waals surface area contributed by atoms with Crippen LogP contribution in [0.15, 0.2) is 32.6 Å². The second-order valence-corrected chi connectivity index (χ2v) is 11.0. The van der Waals surface area contributed by atoms with Crippen LogP contribution in [0.4, 0.5) is 16.4 Å². The molecule has 8 rings (SSSR count). The van der Waals surface area contributed by atoms with Crippen LogP contribution in [-0.2, 0) is 19.5 Å². The number of hydrogen-bond acceptors (Lipinski definition) is 9. The van der Waals surface area contributed by atoms with E-state index in [2.05, 4.69) is 20.2 Å². The van der Waals surface area contributed by atoms with Crippen molar-refractivity contribution < 1.29 is 4.79 Å². The first-order valence-corrected chi connectivity index (χ1v) is 13.2. The molecule has 4 aromatic rings. The van der Waals surface area contributed by atoms with Gasteiger partial charge in [0.25, 0.3) is 22.3 Å². The Morgan fingerprint density at radius 1 is 1.11 bits per heavy atom. The first-order valence-electron chi connectivity index (χ1n) is 12.4. The molecule has 1 amide bonds. The van der Waals surface area contributed by atoms with Crippen molar-refractivity contribution in [1.29, 1.82) is 0 Å². The Labute approximate surface area is 214 Å². The molecule has 4 aliphatic rings. The molecule has 2 aromatic carbocycles. The van der Waals surface area contributed by atoms with Crippen LogP contribution >= 0.6 is 11.3 Å². The zero-order valence-electron chi connectivity index (χ0n) is 19.9. The Hall–Kier alpha value is -3.99. The summed E-state index contributed by atoms with van der Waals surface area (Å²) in [5.41, 5.74) is 8.85. The second-order valence-electron chi connectivity index (χ2n) is 10.1. The average molecular weight is 517 g/mol. The molecule has 0 unspecified atom stereocenters. The topological polar surface area (TPSA) is 141 Å². The number of hydrogen-bond donors (Lipinski definition) is 3. The average Bonchev–Trinajstić information content (AvgIpc) is 3.34. The normalized spacial score (nSPS) is 16.9. The third-order valence-electron chi connectivity index (χ3n) is 7.96. The van der Waals surface area contributed by atoms with Gasteiger partial charge in [0, 0.05) is 38.3 Å². The van der Waals surface area contributed by atoms with E-state index in [1.54, 1.807) is 0 Å². The maximum Gasteiger partial charge on any atom is 0.287 e. The summed E-state index contributed by atoms with van der Waals surface area (Å²) in [5.74, 6) is -0.0328. The number of benzene rings is 1. The van der Waals surface area contributed by atoms with Gasteiger partial charge in [-0.1, -0.05) is 29.5 Å². The molecular weight excluding hydrogens is 492 g/mol. The predicted molar refractivity (Wildman–Crippen MR) is 143 cm³/mol. The molecule has 2 bridgehead atoms. The minimum Gasteiger partial charge on any atom is -0.394 e. The van der Waals surface area contributed by atoms with Gasteiger partial charge in [0.15, 0.2) is 0 Å². The van der Waals surface area contributed by atoms with Crippen molar-refractivity contribution in [3.63, 3.8) is 0 Å². The van der Waals surface area contributed by atoms with E-state index >= 15 is 0 Å². The quantitative estimate of drug-likeness (QED) is 0.345. The molecule has 0 spiro atoms. The van der Waals surface area contributed by atoms with E-state index in [0.717, 1.165) is 59.6 Å². The molecule has 0 atom stereocenters. The molecule has 4 N–H and O–H groups in total. The number of carbonyl (C=O) groups is 1. The summed E-state index contributed by atoms with van der Waals surface area (Å²) >= 11 is 1.50. The van der Waals surface area contributed by atoms with Gasteiger partial charge >= 0.3 is 0 Å². The van der Waals surface area contributed by atoms with Crippen molar-refractivity contribution in [2.75, 3.05) is 35.2 Å². The second kappa shape index (κ2) is 8.01. The van der Waals surface area contributed by atoms with Gasteiger partial charge in [0.1, 0.15) is 16.2 Å². The van der Waals surface area contributed by atoms with Crippen LogP contribution in [0.3, 0.4) is 0 Å². The van der Waals surface area contributed by atoms with Gasteiger partial charge in [-0.15, -0.1) is 0 Å². The number of fused-ring (bicyclic) bond motifs is 4. The van der Waals surface area contributed by atoms with E-state index in [1.165, 1.54) is 11.3 Å². The fraction of sp³-hybridized carbons (Fsp3) is 0.346. The number of nitrogens with zero attached hydrogens (tertiary/aromatic N) is 3. The minimum absolute atomic E-state index is 0.0122. The predicted octanol–water partition coefficient (Wildman–Crippen LogP) is 1.35. The number of anilines is 3. The Kier molecular flexibility index (Phi) is 4.81. The van der Waals surface area contributed by atoms with Gasteiger partial charge in [-0.2, -0.15) is 0 Å². The fourth-order valence-corrected chi connectivity index (χ4v) is 7.31. The summed E-state index contributed by atoms with van der Waals surface area (Å²) < 4.78 is 0. The monoisotopic (exact) mass is 516 g/mol. The SMILES string of the molecule is Nc1c(N2CCc3ccc(CNC(=O)c4nc5sc6c(c5c(=O)[nH]4)C4CCN6CC4)cc3C2)c(=O)c1=O. The van der Waals surface area contributed by atoms with Gasteiger partial charge in [-0.05, 0) is 41.9 Å². The van der Waals surface area contributed by atoms with Crippen LogP contribution < -0.4 is 37.3 Å². The zero-order chi connectivity index (χ0) is 25.4. The third kappa shape index (κ3) is 3.33. The summed E-state index contributed by atoms with van der Waals surface area (Å²) in [5, 5.41) is 4.62. The summed E-state index contributed by atoms with van der Waals surface area (Å²) in [4.78, 5) is 61.4. The molecule has 1 saturated heterocycles. The molecule has 0 saturated carbocycles. The number of piperidine rings is 1. The van der Waals surface area contributed by atoms with Crippen molar-refractivity contribution in [3.05, 3.63) is 77.1 Å². The first kappa shape index (κ1) is 22.2. The number of nitrogen functional groups attached to an aromatic ring is 1. The molecular formula is C26H24N6O4S. The molecule has 0 radical (unpaired) electrons. The van der Waals surface area contributed by atoms with E-state index in [0.29, 0.717) is 34.9 Å². The smallest absolute Gasteiger partial charge is 0.287 e. The molecule has 2 aromatic heterocycles. The van der Waals surface area contributed by atoms with E-state index in [9.17, 15) is 19.2 Å². The van der Waals surface area contributed by atoms with Crippen molar-refractivity contribution in [3.8, 4) is 0 Å². The Balaban J connectivity index is 1.10. The number of amides is 1. The van der Waals surface area contributed by atoms with E-state index in [-0.39, 0.29) is 23.6 Å². The lowest BCUT2D eigenvalue weighted by Crippen LogP contribution is -2.44. The highest BCUT2D eigenvalue weighted by Gasteiger charge is 2.36. The van der Waals surface area contributed by atoms with Crippen LogP contribution in [0.25, 0.3) is 10.2 Å². The first-order chi connectivity index (χ1) is 17.9. The van der Waals surface area contributed by atoms with Crippen molar-refractivity contribution in [2.45, 2.75) is 38.3 Å². The summed E-state index contributed by atoms with van der Waals surface area (Å²) in [6, 6.07) is 5.96. The lowest BCUT2D eigenvalue weighted by Gasteiger charge is -2.39. The van der Waals surface area contributed by atoms with Gasteiger partial charge in [0.2, 0.25) is 5.82 Å². The number of aromatic amines is 1. The maximum absolute atomic E-state index is 13.0. The number of nitrogens with two attached hydrogens (primary N) is 1. The molecule has 6 heterocycles. The van der Waals surface area contributed by atoms with E-state index in [1.807, 2.05) is 23.1 Å². The van der Waals surface area contributed by atoms with Gasteiger partial charge in [-0.3, -0.25) is 19.2 Å². The molecule has 0 aliphatic carbocycles. The standard InChI is InChI=1S/C26H24N6O4S/c27-18-19(21(34)20(18)33)32-8-3-13-2-1-12(9-15(13)11-32)10-28-24(36)22-29-23(35)17-16-14-4-6-31(7-5-14)26(16)37-25(17)30-22/h1-2,9,14H,3-8,10-11,27H2,(H,28,36)(H,29,30,35). The molecule has 10 nitrogen and oxygen atoms in total. The van der Waals surface area contributed by atoms with Crippen LogP contribution in [0.1, 0.15) is 51.6 Å². The third-order valence-corrected chi connectivity index (χ3v) is 9.12. The van der Waals surface area contributed by atoms with Gasteiger partial charge < -0.3 is 25.8 Å². The van der Waals surface area contributed by atoms with Crippen molar-refractivity contribution in [2.24, 2.45) is 0 Å². The minimum atomic E-state index is -0.616. The van der Waals surface area contributed by atoms with Gasteiger partial charge in [-0.25, -0.2) is 4.98 Å². The highest BCUT2D eigenvalue weighted by atomic mass is 32.1. The van der Waals surface area contributed by atoms with Crippen molar-refractivity contribution >= 4 is 43.8 Å². The van der Waals surface area contributed by atoms with Crippen LogP contribution in [0.5, 0.6) is 0 Å². The lowest BCUT2D eigenvalue weighted by atomic mass is 9.85. The summed E-state index contributed by atoms with van der Waals surface area (Å²) in [7, 11) is 0. The number of H-pyrrole nitrogens is 1. The van der Waals surface area contributed by atoms with E-state index < -0.39 is 16.8 Å². The van der Waals surface area contributed by atoms with E-state index in [4.69, 9.17) is 5.73 Å². The highest BCUT2D eigenvalue weighted by molar-refractivity contribution is 7.22. The lowest BCUT2D eigenvalue weighted by molar-refractivity contribution is 0.0940. The summed E-state index contributed by atoms with van der Waals surface area (Å²) in [6.45, 7) is 3.36. The van der Waals surface area contributed by atoms with Gasteiger partial charge in [0.05, 0.1) is 10.4 Å². The van der Waals surface area contributed by atoms with Crippen LogP contribution in [0.2, 0.25) is 0 Å². The Morgan fingerprint density at radius 2 is 1.92 bits per heavy atom. The molecule has 188 valence electrons. The molecule has 37 heavy (non-hydrogen) atoms. The Morgan fingerprint density at radius 3 is 2.70 bits per heavy atom. The Bertz CT molecular complexity index is 1740. The number of nitrogens with one attached hydrogen (secondary N) is 2. The number of carbonyl (C=O) groups excluding carboxylic acids is 1. The van der Waals surface area contributed by atoms with Crippen molar-refractivity contribution in [1.82, 2.24) is 15.3 Å². The molecule has 11 heteroatoms. The number of rotatable bonds is 4. The number of aromatic nitrogens is 2. The molecule has 4 aliphatic heterocycles. The van der Waals surface area contributed by atoms with Crippen LogP contribution in [-0.4, -0.2) is 35.5 Å². The fourth-order valence-electron chi connectivity index (χ4n) is 6.00.